The minimum absolute atomic E-state index is 0.0990. The number of nitrogens with zero attached hydrogens (tertiary/aromatic N) is 2. The van der Waals surface area contributed by atoms with Crippen molar-refractivity contribution in [2.45, 2.75) is 141 Å². The Balaban J connectivity index is 2.52. The van der Waals surface area contributed by atoms with Crippen LogP contribution < -0.4 is 0 Å². The Kier molecular flexibility index (Phi) is 12.6. The summed E-state index contributed by atoms with van der Waals surface area (Å²) in [4.78, 5) is 17.1. The van der Waals surface area contributed by atoms with Crippen LogP contribution in [0.2, 0.25) is 0 Å². The van der Waals surface area contributed by atoms with Crippen molar-refractivity contribution in [3.8, 4) is 0 Å². The lowest BCUT2D eigenvalue weighted by atomic mass is 9.78. The molecule has 41 heavy (non-hydrogen) atoms. The van der Waals surface area contributed by atoms with Gasteiger partial charge in [0.1, 0.15) is 23.9 Å². The lowest BCUT2D eigenvalue weighted by Crippen LogP contribution is -2.59. The van der Waals surface area contributed by atoms with E-state index in [1.54, 1.807) is 27.7 Å². The molecule has 2 fully saturated rings. The van der Waals surface area contributed by atoms with Crippen molar-refractivity contribution in [3.05, 3.63) is 0 Å². The zero-order valence-electron chi connectivity index (χ0n) is 27.0. The van der Waals surface area contributed by atoms with Crippen molar-refractivity contribution in [3.63, 3.8) is 0 Å². The van der Waals surface area contributed by atoms with Crippen molar-refractivity contribution in [1.29, 1.82) is 0 Å². The van der Waals surface area contributed by atoms with E-state index >= 15 is 0 Å². The molecule has 0 bridgehead atoms. The molecular weight excluding hydrogens is 532 g/mol. The van der Waals surface area contributed by atoms with Crippen LogP contribution in [0, 0.1) is 17.8 Å². The highest BCUT2D eigenvalue weighted by Gasteiger charge is 2.49. The third kappa shape index (κ3) is 8.39. The summed E-state index contributed by atoms with van der Waals surface area (Å²) in [6.45, 7) is 14.2. The summed E-state index contributed by atoms with van der Waals surface area (Å²) in [5.74, 6) is -2.65. The van der Waals surface area contributed by atoms with E-state index in [4.69, 9.17) is 14.2 Å². The number of carbonyl (C=O) groups is 1. The fraction of sp³-hybridized carbons (Fsp3) is 0.967. The van der Waals surface area contributed by atoms with Gasteiger partial charge in [-0.2, -0.15) is 0 Å². The van der Waals surface area contributed by atoms with Gasteiger partial charge in [0.15, 0.2) is 6.29 Å². The number of esters is 1. The molecule has 0 radical (unpaired) electrons. The first-order valence-electron chi connectivity index (χ1n) is 15.1. The normalized spacial score (nSPS) is 48.4. The first-order chi connectivity index (χ1) is 18.8. The smallest absolute Gasteiger partial charge is 0.311 e. The molecular formula is C30H58N2O9. The van der Waals surface area contributed by atoms with Crippen molar-refractivity contribution in [2.24, 2.45) is 17.8 Å². The van der Waals surface area contributed by atoms with E-state index in [2.05, 4.69) is 0 Å². The SMILES string of the molecule is CCC1OC(=O)C(C)C(O)C(C)C(O[C@@H]2O[C@H](C)C[C@H](N(C)C)[C@H]2O)C(C)(O)CC(C)CN(C)C(C)C(O)C1(C)O. The average Bonchev–Trinajstić information content (AvgIpc) is 2.87. The van der Waals surface area contributed by atoms with Crippen molar-refractivity contribution >= 4 is 5.97 Å². The molecule has 242 valence electrons. The van der Waals surface area contributed by atoms with Crippen LogP contribution in [0.25, 0.3) is 0 Å². The van der Waals surface area contributed by atoms with Crippen LogP contribution in [0.15, 0.2) is 0 Å². The zero-order chi connectivity index (χ0) is 31.6. The number of cyclic esters (lactones) is 1. The molecule has 0 aromatic heterocycles. The summed E-state index contributed by atoms with van der Waals surface area (Å²) in [6.07, 6.45) is -5.74. The predicted octanol–water partition coefficient (Wildman–Crippen LogP) is 0.976. The molecule has 2 saturated heterocycles. The molecule has 2 aliphatic heterocycles. The number of ether oxygens (including phenoxy) is 3. The van der Waals surface area contributed by atoms with Gasteiger partial charge in [-0.05, 0) is 80.9 Å². The maximum Gasteiger partial charge on any atom is 0.311 e. The molecule has 14 atom stereocenters. The zero-order valence-corrected chi connectivity index (χ0v) is 27.0. The minimum Gasteiger partial charge on any atom is -0.459 e. The average molecular weight is 591 g/mol. The second-order valence-electron chi connectivity index (χ2n) is 13.6. The van der Waals surface area contributed by atoms with Crippen LogP contribution in [-0.2, 0) is 19.0 Å². The van der Waals surface area contributed by atoms with Crippen LogP contribution >= 0.6 is 0 Å². The number of hydrogen-bond donors (Lipinski definition) is 5. The summed E-state index contributed by atoms with van der Waals surface area (Å²) in [5.41, 5.74) is -3.25. The number of rotatable bonds is 4. The van der Waals surface area contributed by atoms with Crippen molar-refractivity contribution in [2.75, 3.05) is 27.7 Å². The van der Waals surface area contributed by atoms with Crippen LogP contribution in [-0.4, -0.2) is 135 Å². The van der Waals surface area contributed by atoms with Gasteiger partial charge in [0.05, 0.1) is 29.8 Å². The third-order valence-corrected chi connectivity index (χ3v) is 9.46. The van der Waals surface area contributed by atoms with Gasteiger partial charge in [-0.1, -0.05) is 20.8 Å². The Bertz CT molecular complexity index is 841. The molecule has 0 aromatic rings. The van der Waals surface area contributed by atoms with Crippen LogP contribution in [0.3, 0.4) is 0 Å². The highest BCUT2D eigenvalue weighted by atomic mass is 16.7. The van der Waals surface area contributed by atoms with Gasteiger partial charge in [-0.3, -0.25) is 4.79 Å². The number of hydrogen-bond acceptors (Lipinski definition) is 11. The van der Waals surface area contributed by atoms with Gasteiger partial charge < -0.3 is 49.5 Å². The van der Waals surface area contributed by atoms with E-state index in [9.17, 15) is 30.3 Å². The third-order valence-electron chi connectivity index (χ3n) is 9.46. The van der Waals surface area contributed by atoms with Crippen LogP contribution in [0.1, 0.15) is 74.7 Å². The highest BCUT2D eigenvalue weighted by Crippen LogP contribution is 2.36. The lowest BCUT2D eigenvalue weighted by Gasteiger charge is -2.46. The van der Waals surface area contributed by atoms with Gasteiger partial charge in [0, 0.05) is 24.5 Å². The number of likely N-dealkylation sites (N-methyl/N-ethyl adjacent to an activating group) is 2. The summed E-state index contributed by atoms with van der Waals surface area (Å²) >= 11 is 0. The van der Waals surface area contributed by atoms with Crippen LogP contribution in [0.4, 0.5) is 0 Å². The topological polar surface area (TPSA) is 152 Å². The molecule has 11 heteroatoms. The lowest BCUT2D eigenvalue weighted by molar-refractivity contribution is -0.299. The molecule has 0 aromatic carbocycles. The van der Waals surface area contributed by atoms with Gasteiger partial charge in [0.2, 0.25) is 0 Å². The van der Waals surface area contributed by atoms with Gasteiger partial charge >= 0.3 is 5.97 Å². The number of aliphatic hydroxyl groups excluding tert-OH is 3. The summed E-state index contributed by atoms with van der Waals surface area (Å²) in [6, 6.07) is -0.733. The molecule has 2 heterocycles. The molecule has 0 aliphatic carbocycles. The maximum atomic E-state index is 13.3. The summed E-state index contributed by atoms with van der Waals surface area (Å²) < 4.78 is 18.1. The van der Waals surface area contributed by atoms with E-state index in [1.807, 2.05) is 44.8 Å². The minimum atomic E-state index is -1.75. The van der Waals surface area contributed by atoms with Gasteiger partial charge in [0.25, 0.3) is 0 Å². The second kappa shape index (κ2) is 14.3. The molecule has 5 N–H and O–H groups in total. The Morgan fingerprint density at radius 1 is 1.05 bits per heavy atom. The monoisotopic (exact) mass is 590 g/mol. The fourth-order valence-corrected chi connectivity index (χ4v) is 6.74. The van der Waals surface area contributed by atoms with Crippen molar-refractivity contribution in [1.82, 2.24) is 9.80 Å². The molecule has 2 rings (SSSR count). The van der Waals surface area contributed by atoms with Gasteiger partial charge in [-0.15, -0.1) is 0 Å². The van der Waals surface area contributed by atoms with E-state index in [0.717, 1.165) is 0 Å². The first kappa shape index (κ1) is 36.3. The summed E-state index contributed by atoms with van der Waals surface area (Å²) in [5, 5.41) is 57.0. The molecule has 0 amide bonds. The predicted molar refractivity (Wildman–Crippen MR) is 155 cm³/mol. The molecule has 0 saturated carbocycles. The van der Waals surface area contributed by atoms with Gasteiger partial charge in [-0.25, -0.2) is 0 Å². The Labute approximate surface area is 246 Å². The number of carbonyl (C=O) groups excluding carboxylic acids is 1. The molecule has 10 unspecified atom stereocenters. The maximum absolute atomic E-state index is 13.3. The van der Waals surface area contributed by atoms with E-state index < -0.39 is 71.9 Å². The Hall–Kier alpha value is -0.890. The fourth-order valence-electron chi connectivity index (χ4n) is 6.74. The van der Waals surface area contributed by atoms with E-state index in [1.165, 1.54) is 13.8 Å². The van der Waals surface area contributed by atoms with E-state index in [-0.39, 0.29) is 30.9 Å². The molecule has 2 aliphatic rings. The van der Waals surface area contributed by atoms with Crippen molar-refractivity contribution < 1.29 is 44.5 Å². The number of aliphatic hydroxyl groups is 5. The Morgan fingerprint density at radius 2 is 1.63 bits per heavy atom. The van der Waals surface area contributed by atoms with Crippen LogP contribution in [0.5, 0.6) is 0 Å². The molecule has 11 nitrogen and oxygen atoms in total. The largest absolute Gasteiger partial charge is 0.459 e. The van der Waals surface area contributed by atoms with E-state index in [0.29, 0.717) is 13.0 Å². The second-order valence-corrected chi connectivity index (χ2v) is 13.6. The Morgan fingerprint density at radius 3 is 2.17 bits per heavy atom. The molecule has 0 spiro atoms. The highest BCUT2D eigenvalue weighted by molar-refractivity contribution is 5.73. The standard InChI is InChI=1S/C30H58N2O9/c1-12-22-30(8,38)25(35)20(6)32(11)15-16(2)14-29(7,37)26(18(4)23(33)19(5)27(36)40-22)41-28-24(34)21(31(9)10)13-17(3)39-28/h16-26,28,33-35,37-38H,12-15H2,1-11H3/t16?,17-,18?,19?,20?,21+,22?,23?,24-,25?,26?,28+,29?,30?/m1/s1. The first-order valence-corrected chi connectivity index (χ1v) is 15.1. The quantitative estimate of drug-likeness (QED) is 0.298. The summed E-state index contributed by atoms with van der Waals surface area (Å²) in [7, 11) is 5.58.